The van der Waals surface area contributed by atoms with Crippen molar-refractivity contribution < 1.29 is 32.5 Å². The Morgan fingerprint density at radius 2 is 1.97 bits per heavy atom. The van der Waals surface area contributed by atoms with Crippen LogP contribution in [0.15, 0.2) is 65.3 Å². The molecule has 0 spiro atoms. The SMILES string of the molecule is COc1ccc(S(=O)(=O)N(CCO)CCO[C@H]2C[C@@H](C)C=C(C(=O)NCc3nc4ccccc4[nH]3)O2)cc1. The molecular formula is C26H32N4O7S. The molecule has 0 bridgehead atoms. The van der Waals surface area contributed by atoms with Crippen LogP contribution in [-0.4, -0.2) is 73.4 Å². The molecule has 3 N–H and O–H groups in total. The number of imidazole rings is 1. The van der Waals surface area contributed by atoms with Crippen molar-refractivity contribution in [2.45, 2.75) is 31.1 Å². The van der Waals surface area contributed by atoms with E-state index in [1.807, 2.05) is 31.2 Å². The van der Waals surface area contributed by atoms with Gasteiger partial charge in [-0.2, -0.15) is 4.31 Å². The lowest BCUT2D eigenvalue weighted by Gasteiger charge is -2.28. The van der Waals surface area contributed by atoms with Gasteiger partial charge < -0.3 is 29.6 Å². The van der Waals surface area contributed by atoms with E-state index in [1.165, 1.54) is 19.2 Å². The van der Waals surface area contributed by atoms with Crippen molar-refractivity contribution in [3.63, 3.8) is 0 Å². The molecule has 2 heterocycles. The minimum absolute atomic E-state index is 0.000457. The Morgan fingerprint density at radius 1 is 1.21 bits per heavy atom. The number of aromatic nitrogens is 2. The number of benzene rings is 2. The van der Waals surface area contributed by atoms with Gasteiger partial charge in [0.25, 0.3) is 5.91 Å². The molecule has 3 aromatic rings. The fourth-order valence-corrected chi connectivity index (χ4v) is 5.49. The summed E-state index contributed by atoms with van der Waals surface area (Å²) in [5.41, 5.74) is 1.70. The summed E-state index contributed by atoms with van der Waals surface area (Å²) in [6.45, 7) is 1.73. The standard InChI is InChI=1S/C26H32N4O7S/c1-18-15-23(26(32)27-17-24-28-21-5-3-4-6-22(21)29-24)37-25(16-18)36-14-12-30(11-13-31)38(33,34)20-9-7-19(35-2)8-10-20/h3-10,15,18,25,31H,11-14,16-17H2,1-2H3,(H,27,32)(H,28,29)/t18-,25+/m0/s1. The molecule has 0 fully saturated rings. The maximum atomic E-state index is 13.1. The summed E-state index contributed by atoms with van der Waals surface area (Å²) in [5, 5.41) is 12.2. The van der Waals surface area contributed by atoms with Gasteiger partial charge >= 0.3 is 0 Å². The zero-order valence-electron chi connectivity index (χ0n) is 21.3. The molecule has 38 heavy (non-hydrogen) atoms. The number of amides is 1. The van der Waals surface area contributed by atoms with Gasteiger partial charge in [-0.15, -0.1) is 0 Å². The first kappa shape index (κ1) is 27.6. The molecule has 1 aliphatic heterocycles. The predicted octanol–water partition coefficient (Wildman–Crippen LogP) is 2.15. The van der Waals surface area contributed by atoms with Crippen LogP contribution in [0.25, 0.3) is 11.0 Å². The number of ether oxygens (including phenoxy) is 3. The molecule has 0 saturated carbocycles. The Balaban J connectivity index is 1.31. The number of aliphatic hydroxyl groups is 1. The normalized spacial score (nSPS) is 17.7. The van der Waals surface area contributed by atoms with E-state index in [0.717, 1.165) is 15.3 Å². The van der Waals surface area contributed by atoms with E-state index in [9.17, 15) is 18.3 Å². The van der Waals surface area contributed by atoms with Crippen LogP contribution < -0.4 is 10.1 Å². The molecule has 0 saturated heterocycles. The summed E-state index contributed by atoms with van der Waals surface area (Å²) in [6, 6.07) is 13.6. The molecule has 2 aromatic carbocycles. The third-order valence-electron chi connectivity index (χ3n) is 6.03. The second kappa shape index (κ2) is 12.4. The van der Waals surface area contributed by atoms with Crippen LogP contribution in [0.4, 0.5) is 0 Å². The number of aromatic amines is 1. The molecule has 0 aliphatic carbocycles. The van der Waals surface area contributed by atoms with Gasteiger partial charge in [0.15, 0.2) is 5.76 Å². The second-order valence-corrected chi connectivity index (χ2v) is 10.8. The van der Waals surface area contributed by atoms with Gasteiger partial charge in [0.1, 0.15) is 11.6 Å². The summed E-state index contributed by atoms with van der Waals surface area (Å²) in [7, 11) is -2.36. The smallest absolute Gasteiger partial charge is 0.286 e. The number of fused-ring (bicyclic) bond motifs is 1. The number of hydrogen-bond acceptors (Lipinski definition) is 8. The summed E-state index contributed by atoms with van der Waals surface area (Å²) in [5.74, 6) is 0.920. The zero-order chi connectivity index (χ0) is 27.1. The number of rotatable bonds is 12. The summed E-state index contributed by atoms with van der Waals surface area (Å²) in [6.07, 6.45) is 1.52. The molecule has 1 aliphatic rings. The Morgan fingerprint density at radius 3 is 2.68 bits per heavy atom. The van der Waals surface area contributed by atoms with Gasteiger partial charge in [0.2, 0.25) is 16.3 Å². The first-order valence-corrected chi connectivity index (χ1v) is 13.7. The lowest BCUT2D eigenvalue weighted by Crippen LogP contribution is -2.38. The number of aliphatic hydroxyl groups excluding tert-OH is 1. The van der Waals surface area contributed by atoms with Crippen molar-refractivity contribution >= 4 is 27.0 Å². The van der Waals surface area contributed by atoms with Crippen LogP contribution in [0.1, 0.15) is 19.2 Å². The average molecular weight is 545 g/mol. The maximum absolute atomic E-state index is 13.1. The molecule has 1 aromatic heterocycles. The molecule has 204 valence electrons. The Hall–Kier alpha value is -3.45. The Labute approximate surface area is 221 Å². The highest BCUT2D eigenvalue weighted by atomic mass is 32.2. The number of nitrogens with one attached hydrogen (secondary N) is 2. The van der Waals surface area contributed by atoms with Gasteiger partial charge in [-0.3, -0.25) is 4.79 Å². The topological polar surface area (TPSA) is 143 Å². The molecule has 0 radical (unpaired) electrons. The van der Waals surface area contributed by atoms with Crippen LogP contribution in [0.2, 0.25) is 0 Å². The third kappa shape index (κ3) is 6.70. The number of H-pyrrole nitrogens is 1. The summed E-state index contributed by atoms with van der Waals surface area (Å²) in [4.78, 5) is 20.4. The van der Waals surface area contributed by atoms with Crippen LogP contribution >= 0.6 is 0 Å². The number of nitrogens with zero attached hydrogens (tertiary/aromatic N) is 2. The minimum Gasteiger partial charge on any atom is -0.497 e. The highest BCUT2D eigenvalue weighted by Gasteiger charge is 2.28. The van der Waals surface area contributed by atoms with Crippen LogP contribution in [-0.2, 0) is 30.8 Å². The van der Waals surface area contributed by atoms with Crippen molar-refractivity contribution in [2.24, 2.45) is 5.92 Å². The third-order valence-corrected chi connectivity index (χ3v) is 7.94. The van der Waals surface area contributed by atoms with Gasteiger partial charge in [-0.05, 0) is 48.4 Å². The average Bonchev–Trinajstić information content (AvgIpc) is 3.34. The number of methoxy groups -OCH3 is 1. The molecule has 1 amide bonds. The number of hydrogen-bond donors (Lipinski definition) is 3. The maximum Gasteiger partial charge on any atom is 0.286 e. The quantitative estimate of drug-likeness (QED) is 0.315. The monoisotopic (exact) mass is 544 g/mol. The lowest BCUT2D eigenvalue weighted by atomic mass is 10.0. The highest BCUT2D eigenvalue weighted by molar-refractivity contribution is 7.89. The molecule has 4 rings (SSSR count). The van der Waals surface area contributed by atoms with E-state index in [0.29, 0.717) is 18.0 Å². The fraction of sp³-hybridized carbons (Fsp3) is 0.385. The van der Waals surface area contributed by atoms with Crippen molar-refractivity contribution in [3.8, 4) is 5.75 Å². The van der Waals surface area contributed by atoms with E-state index in [-0.39, 0.29) is 49.4 Å². The van der Waals surface area contributed by atoms with Crippen LogP contribution in [0.3, 0.4) is 0 Å². The van der Waals surface area contributed by atoms with E-state index in [2.05, 4.69) is 15.3 Å². The van der Waals surface area contributed by atoms with Crippen molar-refractivity contribution in [1.82, 2.24) is 19.6 Å². The molecule has 12 heteroatoms. The number of allylic oxidation sites excluding steroid dienone is 1. The van der Waals surface area contributed by atoms with Gasteiger partial charge in [0, 0.05) is 19.5 Å². The molecule has 2 atom stereocenters. The number of sulfonamides is 1. The molecular weight excluding hydrogens is 512 g/mol. The lowest BCUT2D eigenvalue weighted by molar-refractivity contribution is -0.148. The number of carbonyl (C=O) groups is 1. The van der Waals surface area contributed by atoms with E-state index < -0.39 is 22.2 Å². The number of para-hydroxylation sites is 2. The van der Waals surface area contributed by atoms with E-state index in [4.69, 9.17) is 14.2 Å². The van der Waals surface area contributed by atoms with Crippen molar-refractivity contribution in [3.05, 3.63) is 66.2 Å². The predicted molar refractivity (Wildman–Crippen MR) is 139 cm³/mol. The first-order chi connectivity index (χ1) is 18.3. The largest absolute Gasteiger partial charge is 0.497 e. The van der Waals surface area contributed by atoms with Crippen LogP contribution in [0, 0.1) is 5.92 Å². The van der Waals surface area contributed by atoms with Crippen molar-refractivity contribution in [2.75, 3.05) is 33.4 Å². The minimum atomic E-state index is -3.86. The van der Waals surface area contributed by atoms with Crippen molar-refractivity contribution in [1.29, 1.82) is 0 Å². The summed E-state index contributed by atoms with van der Waals surface area (Å²) < 4.78 is 43.9. The summed E-state index contributed by atoms with van der Waals surface area (Å²) >= 11 is 0. The zero-order valence-corrected chi connectivity index (χ0v) is 22.1. The Kier molecular flexibility index (Phi) is 9.00. The van der Waals surface area contributed by atoms with Gasteiger partial charge in [-0.1, -0.05) is 19.1 Å². The molecule has 11 nitrogen and oxygen atoms in total. The molecule has 0 unspecified atom stereocenters. The highest BCUT2D eigenvalue weighted by Crippen LogP contribution is 2.24. The van der Waals surface area contributed by atoms with E-state index >= 15 is 0 Å². The van der Waals surface area contributed by atoms with Gasteiger partial charge in [0.05, 0.1) is 42.8 Å². The van der Waals surface area contributed by atoms with E-state index in [1.54, 1.807) is 18.2 Å². The second-order valence-electron chi connectivity index (χ2n) is 8.85. The first-order valence-electron chi connectivity index (χ1n) is 12.3. The van der Waals surface area contributed by atoms with Crippen LogP contribution in [0.5, 0.6) is 5.75 Å². The number of carbonyl (C=O) groups excluding carboxylic acids is 1. The Bertz CT molecular complexity index is 1340. The fourth-order valence-electron chi connectivity index (χ4n) is 4.08. The van der Waals surface area contributed by atoms with Gasteiger partial charge in [-0.25, -0.2) is 13.4 Å².